The topological polar surface area (TPSA) is 126 Å². The normalized spacial score (nSPS) is 13.4. The van der Waals surface area contributed by atoms with Gasteiger partial charge >= 0.3 is 5.97 Å². The fourth-order valence-electron chi connectivity index (χ4n) is 3.23. The first-order valence-electron chi connectivity index (χ1n) is 9.71. The van der Waals surface area contributed by atoms with Gasteiger partial charge in [0.05, 0.1) is 33.3 Å². The number of ether oxygens (including phenoxy) is 1. The maximum atomic E-state index is 9.18. The van der Waals surface area contributed by atoms with Crippen LogP contribution in [0.2, 0.25) is 10.0 Å². The van der Waals surface area contributed by atoms with Crippen LogP contribution in [0.4, 0.5) is 0 Å². The number of aliphatic hydroxyl groups is 3. The molecule has 0 radical (unpaired) electrons. The van der Waals surface area contributed by atoms with E-state index in [0.717, 1.165) is 10.9 Å². The third-order valence-corrected chi connectivity index (χ3v) is 7.28. The smallest absolute Gasteiger partial charge is 0.324 e. The van der Waals surface area contributed by atoms with Gasteiger partial charge in [0.25, 0.3) is 0 Å². The maximum Gasteiger partial charge on any atom is 0.324 e. The van der Waals surface area contributed by atoms with Crippen molar-refractivity contribution in [1.29, 1.82) is 0 Å². The summed E-state index contributed by atoms with van der Waals surface area (Å²) in [6.07, 6.45) is 6.47. The number of hydrogen-bond acceptors (Lipinski definition) is 8. The minimum Gasteiger partial charge on any atom is -0.486 e. The van der Waals surface area contributed by atoms with E-state index < -0.39 is 12.1 Å². The van der Waals surface area contributed by atoms with Crippen molar-refractivity contribution in [2.45, 2.75) is 19.0 Å². The molecule has 0 aliphatic heterocycles. The third kappa shape index (κ3) is 5.49. The Labute approximate surface area is 218 Å². The molecule has 2 atom stereocenters. The number of halogens is 3. The lowest BCUT2D eigenvalue weighted by Gasteiger charge is -2.17. The number of benzene rings is 1. The van der Waals surface area contributed by atoms with E-state index in [1.165, 1.54) is 24.5 Å². The van der Waals surface area contributed by atoms with Gasteiger partial charge in [-0.25, -0.2) is 4.45 Å². The second kappa shape index (κ2) is 10.4. The molecule has 3 heterocycles. The predicted molar refractivity (Wildman–Crippen MR) is 140 cm³/mol. The lowest BCUT2D eigenvalue weighted by Crippen LogP contribution is -2.25. The van der Waals surface area contributed by atoms with Crippen LogP contribution in [-0.4, -0.2) is 40.1 Å². The van der Waals surface area contributed by atoms with Crippen molar-refractivity contribution in [3.05, 3.63) is 75.4 Å². The Morgan fingerprint density at radius 3 is 2.44 bits per heavy atom. The van der Waals surface area contributed by atoms with Gasteiger partial charge < -0.3 is 20.1 Å². The SMILES string of the molecule is CC(Oc1ccc2c(c1)c(/C=C/c1ccc(C(O)(O)O)nn1)nn2PI)c1c(Cl)cncc1Cl. The molecular formula is C21H17Cl2IN5O4P. The van der Waals surface area contributed by atoms with Gasteiger partial charge in [-0.05, 0) is 71.4 Å². The summed E-state index contributed by atoms with van der Waals surface area (Å²) in [5.41, 5.74) is 2.33. The molecule has 0 saturated heterocycles. The number of pyridine rings is 1. The molecule has 0 saturated carbocycles. The molecule has 0 spiro atoms. The Kier molecular flexibility index (Phi) is 7.68. The summed E-state index contributed by atoms with van der Waals surface area (Å²) in [4.78, 5) is 3.98. The summed E-state index contributed by atoms with van der Waals surface area (Å²) in [6.45, 7) is 1.86. The molecule has 9 nitrogen and oxygen atoms in total. The van der Waals surface area contributed by atoms with E-state index >= 15 is 0 Å². The summed E-state index contributed by atoms with van der Waals surface area (Å²) in [5.74, 6) is -2.42. The van der Waals surface area contributed by atoms with Crippen LogP contribution < -0.4 is 4.74 Å². The van der Waals surface area contributed by atoms with E-state index in [0.29, 0.717) is 39.1 Å². The van der Waals surface area contributed by atoms with Gasteiger partial charge in [0.2, 0.25) is 0 Å². The van der Waals surface area contributed by atoms with E-state index in [9.17, 15) is 15.3 Å². The second-order valence-corrected chi connectivity index (χ2v) is 10.0. The Bertz CT molecular complexity index is 1340. The second-order valence-electron chi connectivity index (χ2n) is 7.15. The monoisotopic (exact) mass is 631 g/mol. The average Bonchev–Trinajstić information content (AvgIpc) is 3.14. The summed E-state index contributed by atoms with van der Waals surface area (Å²) in [7, 11) is 0. The van der Waals surface area contributed by atoms with Crippen molar-refractivity contribution in [1.82, 2.24) is 24.7 Å². The average molecular weight is 632 g/mol. The van der Waals surface area contributed by atoms with Crippen LogP contribution in [0, 0.1) is 0 Å². The minimum absolute atomic E-state index is 0.379. The van der Waals surface area contributed by atoms with Gasteiger partial charge in [0.1, 0.15) is 11.9 Å². The van der Waals surface area contributed by atoms with Crippen molar-refractivity contribution >= 4 is 74.7 Å². The zero-order chi connectivity index (χ0) is 24.5. The summed E-state index contributed by atoms with van der Waals surface area (Å²) in [5, 5.41) is 41.4. The van der Waals surface area contributed by atoms with Gasteiger partial charge in [-0.15, -0.1) is 5.10 Å². The molecule has 176 valence electrons. The van der Waals surface area contributed by atoms with Crippen LogP contribution in [0.3, 0.4) is 0 Å². The molecule has 34 heavy (non-hydrogen) atoms. The van der Waals surface area contributed by atoms with Crippen LogP contribution in [-0.2, 0) is 5.97 Å². The lowest BCUT2D eigenvalue weighted by molar-refractivity contribution is -0.326. The van der Waals surface area contributed by atoms with Crippen LogP contribution in [0.1, 0.15) is 35.7 Å². The molecule has 0 aliphatic carbocycles. The third-order valence-electron chi connectivity index (χ3n) is 4.81. The largest absolute Gasteiger partial charge is 0.486 e. The standard InChI is InChI=1S/C21H17Cl2IN5O4P/c1-11(20-15(22)9-25-10-16(20)23)33-13-4-6-18-14(8-13)17(28-29(18)34-24)5-2-12-3-7-19(27-26-12)21(30,31)32/h2-11,30-32,34H,1H3/b5-2+. The molecule has 0 amide bonds. The van der Waals surface area contributed by atoms with Gasteiger partial charge in [-0.3, -0.25) is 4.98 Å². The van der Waals surface area contributed by atoms with E-state index in [4.69, 9.17) is 27.9 Å². The highest BCUT2D eigenvalue weighted by atomic mass is 127. The number of nitrogens with zero attached hydrogens (tertiary/aromatic N) is 5. The molecule has 3 N–H and O–H groups in total. The molecular weight excluding hydrogens is 615 g/mol. The predicted octanol–water partition coefficient (Wildman–Crippen LogP) is 4.72. The van der Waals surface area contributed by atoms with E-state index in [2.05, 4.69) is 42.3 Å². The van der Waals surface area contributed by atoms with E-state index in [-0.39, 0.29) is 5.69 Å². The highest BCUT2D eigenvalue weighted by molar-refractivity contribution is 14.2. The summed E-state index contributed by atoms with van der Waals surface area (Å²) in [6, 6.07) is 8.44. The number of aromatic nitrogens is 5. The first-order valence-corrected chi connectivity index (χ1v) is 14.5. The molecule has 4 aromatic rings. The Balaban J connectivity index is 1.64. The highest BCUT2D eigenvalue weighted by Gasteiger charge is 2.24. The maximum absolute atomic E-state index is 9.18. The summed E-state index contributed by atoms with van der Waals surface area (Å²) >= 11 is 14.8. The van der Waals surface area contributed by atoms with Crippen LogP contribution in [0.25, 0.3) is 23.1 Å². The van der Waals surface area contributed by atoms with E-state index in [1.54, 1.807) is 12.2 Å². The molecule has 0 bridgehead atoms. The fourth-order valence-corrected chi connectivity index (χ4v) is 5.44. The molecule has 13 heteroatoms. The Hall–Kier alpha value is -1.92. The van der Waals surface area contributed by atoms with Gasteiger partial charge in [-0.1, -0.05) is 23.2 Å². The van der Waals surface area contributed by atoms with Crippen molar-refractivity contribution in [2.75, 3.05) is 0 Å². The van der Waals surface area contributed by atoms with Crippen molar-refractivity contribution in [3.63, 3.8) is 0 Å². The molecule has 1 aromatic carbocycles. The van der Waals surface area contributed by atoms with Crippen LogP contribution >= 0.6 is 51.6 Å². The Morgan fingerprint density at radius 1 is 1.09 bits per heavy atom. The zero-order valence-corrected chi connectivity index (χ0v) is 22.1. The fraction of sp³-hybridized carbons (Fsp3) is 0.143. The van der Waals surface area contributed by atoms with Crippen molar-refractivity contribution in [2.24, 2.45) is 0 Å². The first-order chi connectivity index (χ1) is 16.2. The van der Waals surface area contributed by atoms with Gasteiger partial charge in [0.15, 0.2) is 5.69 Å². The lowest BCUT2D eigenvalue weighted by atomic mass is 10.1. The molecule has 4 rings (SSSR count). The summed E-state index contributed by atoms with van der Waals surface area (Å²) < 4.78 is 8.01. The van der Waals surface area contributed by atoms with Gasteiger partial charge in [0, 0.05) is 23.3 Å². The van der Waals surface area contributed by atoms with E-state index in [1.807, 2.05) is 29.6 Å². The molecule has 0 fully saturated rings. The highest BCUT2D eigenvalue weighted by Crippen LogP contribution is 2.36. The minimum atomic E-state index is -3.04. The molecule has 0 aliphatic rings. The number of rotatable bonds is 7. The quantitative estimate of drug-likeness (QED) is 0.152. The van der Waals surface area contributed by atoms with Crippen molar-refractivity contribution < 1.29 is 20.1 Å². The van der Waals surface area contributed by atoms with Crippen LogP contribution in [0.5, 0.6) is 5.75 Å². The van der Waals surface area contributed by atoms with Crippen LogP contribution in [0.15, 0.2) is 42.7 Å². The molecule has 2 unspecified atom stereocenters. The number of hydrogen-bond donors (Lipinski definition) is 3. The Morgan fingerprint density at radius 2 is 1.82 bits per heavy atom. The first kappa shape index (κ1) is 25.2. The van der Waals surface area contributed by atoms with Gasteiger partial charge in [-0.2, -0.15) is 10.2 Å². The van der Waals surface area contributed by atoms with Crippen molar-refractivity contribution in [3.8, 4) is 5.75 Å². The zero-order valence-electron chi connectivity index (χ0n) is 17.4. The molecule has 3 aromatic heterocycles. The number of fused-ring (bicyclic) bond motifs is 1.